The van der Waals surface area contributed by atoms with Crippen LogP contribution < -0.4 is 10.8 Å². The highest BCUT2D eigenvalue weighted by Crippen LogP contribution is 2.36. The second-order valence-corrected chi connectivity index (χ2v) is 7.39. The highest BCUT2D eigenvalue weighted by atomic mass is 16.7. The van der Waals surface area contributed by atoms with Crippen LogP contribution in [0.4, 0.5) is 5.95 Å². The lowest BCUT2D eigenvalue weighted by atomic mass is 9.81. The fourth-order valence-electron chi connectivity index (χ4n) is 2.49. The van der Waals surface area contributed by atoms with Gasteiger partial charge in [0.2, 0.25) is 5.95 Å². The molecule has 9 nitrogen and oxygen atoms in total. The Hall–Kier alpha value is -2.20. The van der Waals surface area contributed by atoms with E-state index in [1.807, 2.05) is 27.7 Å². The third-order valence-corrected chi connectivity index (χ3v) is 4.75. The number of hydrogen-bond donors (Lipinski definition) is 1. The van der Waals surface area contributed by atoms with Crippen LogP contribution in [0.1, 0.15) is 48.0 Å². The van der Waals surface area contributed by atoms with Crippen molar-refractivity contribution in [2.45, 2.75) is 65.2 Å². The van der Waals surface area contributed by atoms with Gasteiger partial charge in [0.25, 0.3) is 0 Å². The van der Waals surface area contributed by atoms with E-state index >= 15 is 0 Å². The zero-order valence-electron chi connectivity index (χ0n) is 17.3. The summed E-state index contributed by atoms with van der Waals surface area (Å²) in [5.74, 6) is -0.904. The Morgan fingerprint density at radius 2 is 1.61 bits per heavy atom. The van der Waals surface area contributed by atoms with Gasteiger partial charge in [0.15, 0.2) is 0 Å². The number of nitrogens with one attached hydrogen (secondary N) is 1. The van der Waals surface area contributed by atoms with Crippen LogP contribution >= 0.6 is 0 Å². The van der Waals surface area contributed by atoms with Crippen LogP contribution in [0.2, 0.25) is 0 Å². The number of aromatic nitrogens is 2. The van der Waals surface area contributed by atoms with E-state index in [0.29, 0.717) is 5.46 Å². The maximum atomic E-state index is 12.1. The van der Waals surface area contributed by atoms with Crippen LogP contribution in [0.15, 0.2) is 12.4 Å². The second kappa shape index (κ2) is 8.87. The van der Waals surface area contributed by atoms with Gasteiger partial charge in [-0.15, -0.1) is 0 Å². The largest absolute Gasteiger partial charge is 0.498 e. The molecule has 2 rings (SSSR count). The molecule has 0 bridgehead atoms. The molecule has 1 atom stereocenters. The molecule has 0 aliphatic carbocycles. The fraction of sp³-hybridized carbons (Fsp3) is 0.667. The van der Waals surface area contributed by atoms with Gasteiger partial charge in [0, 0.05) is 17.9 Å². The lowest BCUT2D eigenvalue weighted by molar-refractivity contribution is -0.150. The molecule has 10 heteroatoms. The fourth-order valence-corrected chi connectivity index (χ4v) is 2.49. The number of rotatable bonds is 8. The molecule has 0 amide bonds. The van der Waals surface area contributed by atoms with Gasteiger partial charge >= 0.3 is 19.1 Å². The first kappa shape index (κ1) is 22.1. The van der Waals surface area contributed by atoms with E-state index in [4.69, 9.17) is 18.8 Å². The van der Waals surface area contributed by atoms with Crippen molar-refractivity contribution in [3.05, 3.63) is 12.4 Å². The van der Waals surface area contributed by atoms with Crippen LogP contribution in [0, 0.1) is 0 Å². The molecule has 1 aliphatic heterocycles. The molecule has 1 aliphatic rings. The third kappa shape index (κ3) is 5.20. The Bertz CT molecular complexity index is 679. The standard InChI is InChI=1S/C18H28BN3O6/c1-7-25-14(23)9-13(15(24)26-8-2)22-16-20-10-12(11-21-16)19-27-17(3,4)18(5,6)28-19/h10-11,13H,7-9H2,1-6H3,(H,20,21,22)/t13-/m0/s1. The van der Waals surface area contributed by atoms with Gasteiger partial charge in [-0.2, -0.15) is 0 Å². The number of nitrogens with zero attached hydrogens (tertiary/aromatic N) is 2. The Morgan fingerprint density at radius 1 is 1.07 bits per heavy atom. The molecule has 0 spiro atoms. The molecule has 1 saturated heterocycles. The van der Waals surface area contributed by atoms with Gasteiger partial charge in [-0.1, -0.05) is 0 Å². The number of ether oxygens (including phenoxy) is 2. The average Bonchev–Trinajstić information content (AvgIpc) is 2.83. The van der Waals surface area contributed by atoms with E-state index in [1.165, 1.54) is 0 Å². The van der Waals surface area contributed by atoms with Crippen LogP contribution in [0.25, 0.3) is 0 Å². The molecule has 0 unspecified atom stereocenters. The SMILES string of the molecule is CCOC(=O)C[C@H](Nc1ncc(B2OC(C)(C)C(C)(C)O2)cn1)C(=O)OCC. The van der Waals surface area contributed by atoms with Gasteiger partial charge < -0.3 is 24.1 Å². The molecule has 154 valence electrons. The molecule has 2 heterocycles. The van der Waals surface area contributed by atoms with Gasteiger partial charge in [0.05, 0.1) is 30.8 Å². The normalized spacial score (nSPS) is 18.4. The molecule has 1 aromatic rings. The van der Waals surface area contributed by atoms with Gasteiger partial charge in [-0.05, 0) is 41.5 Å². The third-order valence-electron chi connectivity index (χ3n) is 4.75. The zero-order valence-corrected chi connectivity index (χ0v) is 17.3. The van der Waals surface area contributed by atoms with Crippen molar-refractivity contribution >= 4 is 30.5 Å². The Kier molecular flexibility index (Phi) is 7.00. The molecule has 0 aromatic carbocycles. The van der Waals surface area contributed by atoms with Crippen molar-refractivity contribution in [3.63, 3.8) is 0 Å². The minimum Gasteiger partial charge on any atom is -0.466 e. The van der Waals surface area contributed by atoms with Crippen LogP contribution in [0.5, 0.6) is 0 Å². The smallest absolute Gasteiger partial charge is 0.466 e. The lowest BCUT2D eigenvalue weighted by Crippen LogP contribution is -2.41. The maximum Gasteiger partial charge on any atom is 0.498 e. The van der Waals surface area contributed by atoms with E-state index in [1.54, 1.807) is 26.2 Å². The summed E-state index contributed by atoms with van der Waals surface area (Å²) in [6.45, 7) is 11.7. The number of carbonyl (C=O) groups excluding carboxylic acids is 2. The van der Waals surface area contributed by atoms with Crippen molar-refractivity contribution in [2.24, 2.45) is 0 Å². The van der Waals surface area contributed by atoms with Crippen molar-refractivity contribution in [1.29, 1.82) is 0 Å². The number of carbonyl (C=O) groups is 2. The van der Waals surface area contributed by atoms with E-state index in [0.717, 1.165) is 0 Å². The van der Waals surface area contributed by atoms with E-state index in [-0.39, 0.29) is 25.6 Å². The predicted octanol–water partition coefficient (Wildman–Crippen LogP) is 1.07. The highest BCUT2D eigenvalue weighted by molar-refractivity contribution is 6.61. The molecule has 0 radical (unpaired) electrons. The number of anilines is 1. The summed E-state index contributed by atoms with van der Waals surface area (Å²) in [6.07, 6.45) is 2.93. The molecule has 1 N–H and O–H groups in total. The van der Waals surface area contributed by atoms with Crippen molar-refractivity contribution in [2.75, 3.05) is 18.5 Å². The Labute approximate surface area is 165 Å². The molecule has 28 heavy (non-hydrogen) atoms. The first-order chi connectivity index (χ1) is 13.1. The molecule has 1 aromatic heterocycles. The van der Waals surface area contributed by atoms with Crippen LogP contribution in [-0.2, 0) is 28.4 Å². The summed E-state index contributed by atoms with van der Waals surface area (Å²) in [5.41, 5.74) is -0.283. The zero-order chi connectivity index (χ0) is 20.9. The molecular weight excluding hydrogens is 365 g/mol. The molecular formula is C18H28BN3O6. The lowest BCUT2D eigenvalue weighted by Gasteiger charge is -2.32. The van der Waals surface area contributed by atoms with Crippen molar-refractivity contribution in [1.82, 2.24) is 9.97 Å². The average molecular weight is 393 g/mol. The second-order valence-electron chi connectivity index (χ2n) is 7.39. The summed E-state index contributed by atoms with van der Waals surface area (Å²) in [6, 6.07) is -0.943. The minimum absolute atomic E-state index is 0.183. The highest BCUT2D eigenvalue weighted by Gasteiger charge is 2.52. The maximum absolute atomic E-state index is 12.1. The summed E-state index contributed by atoms with van der Waals surface area (Å²) in [4.78, 5) is 32.3. The minimum atomic E-state index is -0.943. The summed E-state index contributed by atoms with van der Waals surface area (Å²) in [7, 11) is -0.584. The monoisotopic (exact) mass is 393 g/mol. The van der Waals surface area contributed by atoms with Gasteiger partial charge in [0.1, 0.15) is 6.04 Å². The first-order valence-electron chi connectivity index (χ1n) is 9.36. The number of hydrogen-bond acceptors (Lipinski definition) is 9. The van der Waals surface area contributed by atoms with Crippen molar-refractivity contribution in [3.8, 4) is 0 Å². The molecule has 0 saturated carbocycles. The summed E-state index contributed by atoms with van der Waals surface area (Å²) >= 11 is 0. The summed E-state index contributed by atoms with van der Waals surface area (Å²) in [5, 5.41) is 2.82. The molecule has 1 fully saturated rings. The van der Waals surface area contributed by atoms with E-state index < -0.39 is 36.3 Å². The van der Waals surface area contributed by atoms with Gasteiger partial charge in [-0.25, -0.2) is 14.8 Å². The van der Waals surface area contributed by atoms with Crippen molar-refractivity contribution < 1.29 is 28.4 Å². The van der Waals surface area contributed by atoms with E-state index in [2.05, 4.69) is 15.3 Å². The first-order valence-corrected chi connectivity index (χ1v) is 9.36. The predicted molar refractivity (Wildman–Crippen MR) is 103 cm³/mol. The van der Waals surface area contributed by atoms with Crippen LogP contribution in [-0.4, -0.2) is 59.5 Å². The Morgan fingerprint density at radius 3 is 2.11 bits per heavy atom. The van der Waals surface area contributed by atoms with Gasteiger partial charge in [-0.3, -0.25) is 4.79 Å². The quantitative estimate of drug-likeness (QED) is 0.512. The number of esters is 2. The topological polar surface area (TPSA) is 109 Å². The van der Waals surface area contributed by atoms with Crippen LogP contribution in [0.3, 0.4) is 0 Å². The Balaban J connectivity index is 2.08. The summed E-state index contributed by atoms with van der Waals surface area (Å²) < 4.78 is 21.8. The van der Waals surface area contributed by atoms with E-state index in [9.17, 15) is 9.59 Å².